The highest BCUT2D eigenvalue weighted by Gasteiger charge is 2.35. The molecule has 3 atom stereocenters. The summed E-state index contributed by atoms with van der Waals surface area (Å²) in [6, 6.07) is 8.39. The number of aliphatic carboxylic acids is 1. The number of hydrogen-bond acceptors (Lipinski definition) is 3. The Morgan fingerprint density at radius 2 is 1.95 bits per heavy atom. The molecule has 0 bridgehead atoms. The van der Waals surface area contributed by atoms with Crippen molar-refractivity contribution in [2.45, 2.75) is 19.4 Å². The predicted molar refractivity (Wildman–Crippen MR) is 79.9 cm³/mol. The van der Waals surface area contributed by atoms with Crippen LogP contribution in [-0.2, 0) is 14.4 Å². The van der Waals surface area contributed by atoms with Crippen LogP contribution in [0.25, 0.3) is 0 Å². The van der Waals surface area contributed by atoms with Crippen molar-refractivity contribution in [3.63, 3.8) is 0 Å². The topological polar surface area (TPSA) is 86.7 Å². The average Bonchev–Trinajstić information content (AvgIpc) is 2.84. The third kappa shape index (κ3) is 3.44. The Hall–Kier alpha value is -2.37. The molecule has 2 rings (SSSR count). The summed E-state index contributed by atoms with van der Waals surface area (Å²) >= 11 is 0. The molecular formula is C16H20N2O4. The van der Waals surface area contributed by atoms with Crippen molar-refractivity contribution >= 4 is 17.8 Å². The summed E-state index contributed by atoms with van der Waals surface area (Å²) in [6.45, 7) is 1.93. The number of carboxylic acids is 1. The summed E-state index contributed by atoms with van der Waals surface area (Å²) in [5.41, 5.74) is 0.739. The van der Waals surface area contributed by atoms with Gasteiger partial charge in [-0.3, -0.25) is 14.4 Å². The van der Waals surface area contributed by atoms with Gasteiger partial charge in [0.15, 0.2) is 0 Å². The van der Waals surface area contributed by atoms with E-state index in [9.17, 15) is 19.5 Å². The Kier molecular flexibility index (Phi) is 4.80. The first-order chi connectivity index (χ1) is 10.4. The van der Waals surface area contributed by atoms with Crippen molar-refractivity contribution in [2.75, 3.05) is 13.6 Å². The van der Waals surface area contributed by atoms with Gasteiger partial charge in [0.2, 0.25) is 11.8 Å². The van der Waals surface area contributed by atoms with Crippen molar-refractivity contribution in [2.24, 2.45) is 11.8 Å². The minimum Gasteiger partial charge on any atom is -0.481 e. The number of nitrogens with one attached hydrogen (secondary N) is 1. The standard InChI is InChI=1S/C16H20N2O4/c1-10(16(21)22)14(11-6-4-3-5-7-11)17-15(20)12-8-13(19)18(2)9-12/h3-7,10,12,14H,8-9H2,1-2H3,(H,17,20)(H,21,22)/t10-,12+,14-/m0/s1. The first-order valence-corrected chi connectivity index (χ1v) is 7.22. The quantitative estimate of drug-likeness (QED) is 0.851. The molecule has 0 unspecified atom stereocenters. The maximum Gasteiger partial charge on any atom is 0.308 e. The van der Waals surface area contributed by atoms with E-state index in [0.717, 1.165) is 5.56 Å². The van der Waals surface area contributed by atoms with Gasteiger partial charge in [-0.1, -0.05) is 30.3 Å². The van der Waals surface area contributed by atoms with Gasteiger partial charge in [0.05, 0.1) is 17.9 Å². The van der Waals surface area contributed by atoms with Gasteiger partial charge in [0.1, 0.15) is 0 Å². The molecule has 0 aromatic heterocycles. The second-order valence-electron chi connectivity index (χ2n) is 5.70. The van der Waals surface area contributed by atoms with E-state index in [1.807, 2.05) is 6.07 Å². The maximum absolute atomic E-state index is 12.4. The summed E-state index contributed by atoms with van der Waals surface area (Å²) in [6.07, 6.45) is 0.172. The molecule has 6 heteroatoms. The molecular weight excluding hydrogens is 284 g/mol. The number of benzene rings is 1. The van der Waals surface area contributed by atoms with Gasteiger partial charge in [-0.05, 0) is 12.5 Å². The number of likely N-dealkylation sites (tertiary alicyclic amines) is 1. The Morgan fingerprint density at radius 3 is 2.45 bits per heavy atom. The Balaban J connectivity index is 2.15. The number of carbonyl (C=O) groups excluding carboxylic acids is 2. The van der Waals surface area contributed by atoms with Crippen molar-refractivity contribution in [1.82, 2.24) is 10.2 Å². The van der Waals surface area contributed by atoms with Crippen LogP contribution in [0.1, 0.15) is 24.9 Å². The molecule has 1 aromatic carbocycles. The number of rotatable bonds is 5. The lowest BCUT2D eigenvalue weighted by molar-refractivity contribution is -0.142. The summed E-state index contributed by atoms with van der Waals surface area (Å²) in [5.74, 6) is -2.51. The lowest BCUT2D eigenvalue weighted by atomic mass is 9.93. The number of hydrogen-bond donors (Lipinski definition) is 2. The van der Waals surface area contributed by atoms with Crippen molar-refractivity contribution < 1.29 is 19.5 Å². The van der Waals surface area contributed by atoms with Crippen LogP contribution in [0.2, 0.25) is 0 Å². The Labute approximate surface area is 129 Å². The van der Waals surface area contributed by atoms with Gasteiger partial charge in [0, 0.05) is 20.0 Å². The van der Waals surface area contributed by atoms with Crippen LogP contribution in [0.5, 0.6) is 0 Å². The summed E-state index contributed by atoms with van der Waals surface area (Å²) < 4.78 is 0. The SMILES string of the molecule is C[C@H](C(=O)O)[C@H](NC(=O)[C@@H]1CC(=O)N(C)C1)c1ccccc1. The van der Waals surface area contributed by atoms with E-state index < -0.39 is 23.8 Å². The van der Waals surface area contributed by atoms with Crippen molar-refractivity contribution in [3.05, 3.63) is 35.9 Å². The van der Waals surface area contributed by atoms with E-state index in [0.29, 0.717) is 6.54 Å². The highest BCUT2D eigenvalue weighted by Crippen LogP contribution is 2.24. The molecule has 2 N–H and O–H groups in total. The highest BCUT2D eigenvalue weighted by atomic mass is 16.4. The molecule has 0 spiro atoms. The molecule has 6 nitrogen and oxygen atoms in total. The number of nitrogens with zero attached hydrogens (tertiary/aromatic N) is 1. The highest BCUT2D eigenvalue weighted by molar-refractivity contribution is 5.89. The molecule has 1 heterocycles. The molecule has 1 aliphatic heterocycles. The van der Waals surface area contributed by atoms with Crippen LogP contribution < -0.4 is 5.32 Å². The number of carboxylic acid groups (broad SMARTS) is 1. The molecule has 1 saturated heterocycles. The minimum atomic E-state index is -0.978. The summed E-state index contributed by atoms with van der Waals surface area (Å²) in [7, 11) is 1.66. The van der Waals surface area contributed by atoms with Crippen LogP contribution in [0.15, 0.2) is 30.3 Å². The first kappa shape index (κ1) is 16.0. The lowest BCUT2D eigenvalue weighted by Gasteiger charge is -2.24. The van der Waals surface area contributed by atoms with Crippen LogP contribution in [0.4, 0.5) is 0 Å². The zero-order valence-electron chi connectivity index (χ0n) is 12.7. The van der Waals surface area contributed by atoms with Crippen LogP contribution in [0.3, 0.4) is 0 Å². The average molecular weight is 304 g/mol. The molecule has 0 aliphatic carbocycles. The molecule has 0 radical (unpaired) electrons. The smallest absolute Gasteiger partial charge is 0.308 e. The van der Waals surface area contributed by atoms with E-state index in [1.54, 1.807) is 38.2 Å². The minimum absolute atomic E-state index is 0.0669. The fourth-order valence-electron chi connectivity index (χ4n) is 2.61. The van der Waals surface area contributed by atoms with E-state index in [4.69, 9.17) is 0 Å². The van der Waals surface area contributed by atoms with Gasteiger partial charge >= 0.3 is 5.97 Å². The molecule has 0 saturated carbocycles. The maximum atomic E-state index is 12.4. The van der Waals surface area contributed by atoms with E-state index in [1.165, 1.54) is 4.90 Å². The zero-order chi connectivity index (χ0) is 16.3. The molecule has 22 heavy (non-hydrogen) atoms. The fourth-order valence-corrected chi connectivity index (χ4v) is 2.61. The molecule has 1 fully saturated rings. The molecule has 118 valence electrons. The predicted octanol–water partition coefficient (Wildman–Crippen LogP) is 1.04. The van der Waals surface area contributed by atoms with E-state index in [2.05, 4.69) is 5.32 Å². The monoisotopic (exact) mass is 304 g/mol. The van der Waals surface area contributed by atoms with E-state index >= 15 is 0 Å². The van der Waals surface area contributed by atoms with Crippen molar-refractivity contribution in [1.29, 1.82) is 0 Å². The summed E-state index contributed by atoms with van der Waals surface area (Å²) in [4.78, 5) is 36.7. The zero-order valence-corrected chi connectivity index (χ0v) is 12.7. The van der Waals surface area contributed by atoms with E-state index in [-0.39, 0.29) is 18.2 Å². The summed E-state index contributed by atoms with van der Waals surface area (Å²) in [5, 5.41) is 12.1. The second-order valence-corrected chi connectivity index (χ2v) is 5.70. The largest absolute Gasteiger partial charge is 0.481 e. The number of amides is 2. The Morgan fingerprint density at radius 1 is 1.32 bits per heavy atom. The Bertz CT molecular complexity index is 573. The van der Waals surface area contributed by atoms with Gasteiger partial charge in [-0.15, -0.1) is 0 Å². The fraction of sp³-hybridized carbons (Fsp3) is 0.438. The van der Waals surface area contributed by atoms with Gasteiger partial charge in [0.25, 0.3) is 0 Å². The third-order valence-electron chi connectivity index (χ3n) is 4.06. The third-order valence-corrected chi connectivity index (χ3v) is 4.06. The second kappa shape index (κ2) is 6.60. The molecule has 1 aliphatic rings. The van der Waals surface area contributed by atoms with Crippen LogP contribution in [-0.4, -0.2) is 41.4 Å². The van der Waals surface area contributed by atoms with Crippen LogP contribution >= 0.6 is 0 Å². The van der Waals surface area contributed by atoms with Crippen LogP contribution in [0, 0.1) is 11.8 Å². The van der Waals surface area contributed by atoms with Crippen molar-refractivity contribution in [3.8, 4) is 0 Å². The lowest BCUT2D eigenvalue weighted by Crippen LogP contribution is -2.39. The van der Waals surface area contributed by atoms with Gasteiger partial charge < -0.3 is 15.3 Å². The molecule has 2 amide bonds. The van der Waals surface area contributed by atoms with Gasteiger partial charge in [-0.2, -0.15) is 0 Å². The normalized spacial score (nSPS) is 20.5. The first-order valence-electron chi connectivity index (χ1n) is 7.22. The van der Waals surface area contributed by atoms with Gasteiger partial charge in [-0.25, -0.2) is 0 Å². The number of carbonyl (C=O) groups is 3. The molecule has 1 aromatic rings.